The highest BCUT2D eigenvalue weighted by Gasteiger charge is 2.20. The first-order valence-electron chi connectivity index (χ1n) is 7.31. The first kappa shape index (κ1) is 15.5. The molecule has 0 aliphatic heterocycles. The molecule has 0 aliphatic carbocycles. The fourth-order valence-electron chi connectivity index (χ4n) is 2.50. The molecular weight excluding hydrogens is 314 g/mol. The van der Waals surface area contributed by atoms with Gasteiger partial charge in [-0.15, -0.1) is 0 Å². The molecule has 3 aromatic rings. The average molecular weight is 330 g/mol. The Labute approximate surface area is 138 Å². The van der Waals surface area contributed by atoms with E-state index in [1.807, 2.05) is 38.1 Å². The summed E-state index contributed by atoms with van der Waals surface area (Å²) in [6.45, 7) is 5.89. The highest BCUT2D eigenvalue weighted by atomic mass is 35.5. The predicted octanol–water partition coefficient (Wildman–Crippen LogP) is 3.87. The summed E-state index contributed by atoms with van der Waals surface area (Å²) in [6, 6.07) is 7.94. The number of nitrogens with zero attached hydrogens (tertiary/aromatic N) is 3. The van der Waals surface area contributed by atoms with Crippen LogP contribution >= 0.6 is 11.6 Å². The van der Waals surface area contributed by atoms with Crippen LogP contribution in [0, 0.1) is 13.8 Å². The molecule has 0 N–H and O–H groups in total. The summed E-state index contributed by atoms with van der Waals surface area (Å²) in [6.07, 6.45) is 1.44. The van der Waals surface area contributed by atoms with Crippen molar-refractivity contribution in [2.75, 3.05) is 6.61 Å². The second-order valence-corrected chi connectivity index (χ2v) is 5.62. The number of benzene rings is 1. The van der Waals surface area contributed by atoms with Gasteiger partial charge >= 0.3 is 5.97 Å². The van der Waals surface area contributed by atoms with Crippen LogP contribution in [0.5, 0.6) is 0 Å². The van der Waals surface area contributed by atoms with Gasteiger partial charge in [0.2, 0.25) is 0 Å². The normalized spacial score (nSPS) is 11.0. The van der Waals surface area contributed by atoms with Crippen molar-refractivity contribution < 1.29 is 9.53 Å². The van der Waals surface area contributed by atoms with Crippen molar-refractivity contribution in [3.63, 3.8) is 0 Å². The van der Waals surface area contributed by atoms with Crippen LogP contribution < -0.4 is 0 Å². The highest BCUT2D eigenvalue weighted by molar-refractivity contribution is 6.38. The summed E-state index contributed by atoms with van der Waals surface area (Å²) in [5.74, 6) is -0.477. The summed E-state index contributed by atoms with van der Waals surface area (Å²) >= 11 is 6.42. The van der Waals surface area contributed by atoms with Crippen molar-refractivity contribution >= 4 is 28.6 Å². The highest BCUT2D eigenvalue weighted by Crippen LogP contribution is 2.30. The lowest BCUT2D eigenvalue weighted by Crippen LogP contribution is -2.06. The molecule has 5 nitrogen and oxygen atoms in total. The zero-order valence-electron chi connectivity index (χ0n) is 13.1. The molecule has 0 saturated heterocycles. The van der Waals surface area contributed by atoms with Gasteiger partial charge in [0.15, 0.2) is 5.65 Å². The summed E-state index contributed by atoms with van der Waals surface area (Å²) in [4.78, 5) is 16.4. The maximum atomic E-state index is 12.0. The minimum atomic E-state index is -0.477. The summed E-state index contributed by atoms with van der Waals surface area (Å²) in [7, 11) is 0. The van der Waals surface area contributed by atoms with Gasteiger partial charge < -0.3 is 4.74 Å². The molecule has 0 aliphatic rings. The Balaban J connectivity index is 2.21. The van der Waals surface area contributed by atoms with E-state index in [0.29, 0.717) is 21.7 Å². The summed E-state index contributed by atoms with van der Waals surface area (Å²) in [5, 5.41) is 5.52. The summed E-state index contributed by atoms with van der Waals surface area (Å²) < 4.78 is 6.75. The van der Waals surface area contributed by atoms with Crippen LogP contribution in [0.15, 0.2) is 30.5 Å². The van der Waals surface area contributed by atoms with Crippen LogP contribution in [0.2, 0.25) is 5.02 Å². The smallest absolute Gasteiger partial charge is 0.341 e. The molecule has 0 unspecified atom stereocenters. The van der Waals surface area contributed by atoms with Crippen LogP contribution in [-0.4, -0.2) is 27.3 Å². The molecule has 0 fully saturated rings. The van der Waals surface area contributed by atoms with E-state index in [4.69, 9.17) is 16.3 Å². The topological polar surface area (TPSA) is 57.0 Å². The molecule has 0 amide bonds. The predicted molar refractivity (Wildman–Crippen MR) is 89.3 cm³/mol. The van der Waals surface area contributed by atoms with Gasteiger partial charge in [-0.05, 0) is 38.5 Å². The van der Waals surface area contributed by atoms with Crippen molar-refractivity contribution in [1.29, 1.82) is 0 Å². The average Bonchev–Trinajstić information content (AvgIpc) is 2.85. The lowest BCUT2D eigenvalue weighted by atomic mass is 10.2. The monoisotopic (exact) mass is 329 g/mol. The maximum Gasteiger partial charge on any atom is 0.341 e. The number of rotatable bonds is 3. The minimum Gasteiger partial charge on any atom is -0.462 e. The van der Waals surface area contributed by atoms with Gasteiger partial charge in [0.1, 0.15) is 0 Å². The first-order chi connectivity index (χ1) is 11.0. The van der Waals surface area contributed by atoms with Gasteiger partial charge in [-0.3, -0.25) is 0 Å². The van der Waals surface area contributed by atoms with Crippen LogP contribution in [-0.2, 0) is 4.74 Å². The van der Waals surface area contributed by atoms with Gasteiger partial charge in [0.25, 0.3) is 0 Å². The van der Waals surface area contributed by atoms with E-state index in [9.17, 15) is 4.79 Å². The van der Waals surface area contributed by atoms with Crippen molar-refractivity contribution in [2.45, 2.75) is 20.8 Å². The van der Waals surface area contributed by atoms with Crippen molar-refractivity contribution in [3.8, 4) is 5.69 Å². The van der Waals surface area contributed by atoms with E-state index in [-0.39, 0.29) is 12.2 Å². The molecule has 0 saturated carbocycles. The van der Waals surface area contributed by atoms with E-state index in [1.165, 1.54) is 6.20 Å². The number of esters is 1. The number of pyridine rings is 1. The Kier molecular flexibility index (Phi) is 4.05. The molecule has 0 spiro atoms. The number of hydrogen-bond acceptors (Lipinski definition) is 4. The second-order valence-electron chi connectivity index (χ2n) is 5.24. The Morgan fingerprint density at radius 1 is 1.35 bits per heavy atom. The lowest BCUT2D eigenvalue weighted by molar-refractivity contribution is 0.0526. The molecule has 0 bridgehead atoms. The lowest BCUT2D eigenvalue weighted by Gasteiger charge is -2.06. The third-order valence-electron chi connectivity index (χ3n) is 3.55. The van der Waals surface area contributed by atoms with Crippen molar-refractivity contribution in [1.82, 2.24) is 14.8 Å². The molecule has 23 heavy (non-hydrogen) atoms. The Hall–Kier alpha value is -2.40. The molecule has 2 aromatic heterocycles. The number of carbonyl (C=O) groups excluding carboxylic acids is 1. The standard InChI is InChI=1S/C17H16ClN3O2/c1-4-23-17(22)13-9-19-16-14(15(13)18)11(3)20-21(16)12-7-5-6-10(2)8-12/h5-9H,4H2,1-3H3. The van der Waals surface area contributed by atoms with E-state index in [0.717, 1.165) is 11.3 Å². The van der Waals surface area contributed by atoms with Crippen LogP contribution in [0.25, 0.3) is 16.7 Å². The Morgan fingerprint density at radius 2 is 2.13 bits per heavy atom. The minimum absolute atomic E-state index is 0.257. The Bertz CT molecular complexity index is 902. The molecule has 118 valence electrons. The molecule has 6 heteroatoms. The molecule has 2 heterocycles. The maximum absolute atomic E-state index is 12.0. The number of hydrogen-bond donors (Lipinski definition) is 0. The number of aromatic nitrogens is 3. The Morgan fingerprint density at radius 3 is 2.83 bits per heavy atom. The zero-order valence-corrected chi connectivity index (χ0v) is 13.9. The number of ether oxygens (including phenoxy) is 1. The molecule has 0 atom stereocenters. The largest absolute Gasteiger partial charge is 0.462 e. The SMILES string of the molecule is CCOC(=O)c1cnc2c(c(C)nn2-c2cccc(C)c2)c1Cl. The summed E-state index contributed by atoms with van der Waals surface area (Å²) in [5.41, 5.74) is 3.61. The van der Waals surface area contributed by atoms with E-state index < -0.39 is 5.97 Å². The zero-order chi connectivity index (χ0) is 16.6. The van der Waals surface area contributed by atoms with Crippen LogP contribution in [0.3, 0.4) is 0 Å². The number of halogens is 1. The molecule has 3 rings (SSSR count). The third kappa shape index (κ3) is 2.68. The fourth-order valence-corrected chi connectivity index (χ4v) is 2.85. The van der Waals surface area contributed by atoms with Crippen LogP contribution in [0.1, 0.15) is 28.5 Å². The van der Waals surface area contributed by atoms with Gasteiger partial charge in [0, 0.05) is 6.20 Å². The van der Waals surface area contributed by atoms with Crippen molar-refractivity contribution in [3.05, 3.63) is 52.3 Å². The molecular formula is C17H16ClN3O2. The van der Waals surface area contributed by atoms with E-state index in [2.05, 4.69) is 10.1 Å². The molecule has 1 aromatic carbocycles. The first-order valence-corrected chi connectivity index (χ1v) is 7.68. The van der Waals surface area contributed by atoms with Gasteiger partial charge in [-0.25, -0.2) is 14.5 Å². The fraction of sp³-hybridized carbons (Fsp3) is 0.235. The van der Waals surface area contributed by atoms with Gasteiger partial charge in [-0.2, -0.15) is 5.10 Å². The van der Waals surface area contributed by atoms with E-state index >= 15 is 0 Å². The number of carbonyl (C=O) groups is 1. The second kappa shape index (κ2) is 6.01. The van der Waals surface area contributed by atoms with Gasteiger partial charge in [-0.1, -0.05) is 23.7 Å². The third-order valence-corrected chi connectivity index (χ3v) is 3.94. The van der Waals surface area contributed by atoms with Gasteiger partial charge in [0.05, 0.1) is 34.0 Å². The van der Waals surface area contributed by atoms with E-state index in [1.54, 1.807) is 11.6 Å². The number of aryl methyl sites for hydroxylation is 2. The van der Waals surface area contributed by atoms with Crippen molar-refractivity contribution in [2.24, 2.45) is 0 Å². The van der Waals surface area contributed by atoms with Crippen LogP contribution in [0.4, 0.5) is 0 Å². The molecule has 0 radical (unpaired) electrons. The quantitative estimate of drug-likeness (QED) is 0.684. The number of fused-ring (bicyclic) bond motifs is 1.